The van der Waals surface area contributed by atoms with Crippen molar-refractivity contribution in [3.8, 4) is 11.5 Å². The number of fused-ring (bicyclic) bond motifs is 1. The molecule has 0 saturated carbocycles. The smallest absolute Gasteiger partial charge is 0.228 e. The number of nitrogens with one attached hydrogen (secondary N) is 2. The molecule has 0 unspecified atom stereocenters. The summed E-state index contributed by atoms with van der Waals surface area (Å²) in [6.07, 6.45) is 2.95. The Hall–Kier alpha value is -2.80. The third kappa shape index (κ3) is 4.39. The van der Waals surface area contributed by atoms with Gasteiger partial charge in [-0.1, -0.05) is 19.1 Å². The third-order valence-electron chi connectivity index (χ3n) is 3.55. The lowest BCUT2D eigenvalue weighted by molar-refractivity contribution is -0.119. The molecule has 0 spiro atoms. The van der Waals surface area contributed by atoms with Crippen LogP contribution in [0, 0.1) is 0 Å². The standard InChI is InChI=1S/C18H18N4O2S/c1-2-4-15(23)21-18(25)20-11-12-6-8-13(9-7-12)17-22-16-14(24-17)5-3-10-19-16/h3,5-10H,2,4,11H2,1H3,(H2,20,21,23,25). The quantitative estimate of drug-likeness (QED) is 0.685. The summed E-state index contributed by atoms with van der Waals surface area (Å²) in [5, 5.41) is 6.01. The zero-order valence-electron chi connectivity index (χ0n) is 13.8. The molecule has 3 aromatic rings. The molecule has 7 heteroatoms. The second-order valence-corrected chi connectivity index (χ2v) is 5.93. The molecular weight excluding hydrogens is 336 g/mol. The van der Waals surface area contributed by atoms with Crippen molar-refractivity contribution in [2.75, 3.05) is 0 Å². The number of hydrogen-bond acceptors (Lipinski definition) is 5. The lowest BCUT2D eigenvalue weighted by Gasteiger charge is -2.09. The molecule has 2 heterocycles. The van der Waals surface area contributed by atoms with Crippen molar-refractivity contribution in [3.63, 3.8) is 0 Å². The van der Waals surface area contributed by atoms with E-state index in [9.17, 15) is 4.79 Å². The van der Waals surface area contributed by atoms with Crippen molar-refractivity contribution in [2.24, 2.45) is 0 Å². The van der Waals surface area contributed by atoms with E-state index in [1.54, 1.807) is 6.20 Å². The number of oxazole rings is 1. The minimum atomic E-state index is -0.0695. The number of carbonyl (C=O) groups excluding carboxylic acids is 1. The summed E-state index contributed by atoms with van der Waals surface area (Å²) in [4.78, 5) is 20.0. The zero-order valence-corrected chi connectivity index (χ0v) is 14.6. The second kappa shape index (κ2) is 7.85. The van der Waals surface area contributed by atoms with Crippen molar-refractivity contribution < 1.29 is 9.21 Å². The van der Waals surface area contributed by atoms with Crippen LogP contribution in [-0.4, -0.2) is 21.0 Å². The number of amides is 1. The zero-order chi connectivity index (χ0) is 17.6. The summed E-state index contributed by atoms with van der Waals surface area (Å²) in [5.41, 5.74) is 3.17. The van der Waals surface area contributed by atoms with E-state index in [1.807, 2.05) is 43.3 Å². The highest BCUT2D eigenvalue weighted by Crippen LogP contribution is 2.23. The SMILES string of the molecule is CCCC(=O)NC(=S)NCc1ccc(-c2nc3ncccc3o2)cc1. The molecule has 6 nitrogen and oxygen atoms in total. The van der Waals surface area contributed by atoms with E-state index >= 15 is 0 Å². The number of pyridine rings is 1. The Morgan fingerprint density at radius 2 is 2.04 bits per heavy atom. The summed E-state index contributed by atoms with van der Waals surface area (Å²) in [5.74, 6) is 0.468. The minimum absolute atomic E-state index is 0.0695. The molecule has 0 radical (unpaired) electrons. The Labute approximate surface area is 150 Å². The molecule has 128 valence electrons. The number of benzene rings is 1. The van der Waals surface area contributed by atoms with Crippen molar-refractivity contribution in [1.82, 2.24) is 20.6 Å². The summed E-state index contributed by atoms with van der Waals surface area (Å²) >= 11 is 5.11. The average Bonchev–Trinajstić information content (AvgIpc) is 3.04. The highest BCUT2D eigenvalue weighted by Gasteiger charge is 2.08. The molecule has 0 aliphatic carbocycles. The molecule has 0 aliphatic heterocycles. The summed E-state index contributed by atoms with van der Waals surface area (Å²) in [7, 11) is 0. The number of aromatic nitrogens is 2. The van der Waals surface area contributed by atoms with Crippen LogP contribution in [0.25, 0.3) is 22.7 Å². The van der Waals surface area contributed by atoms with Crippen LogP contribution in [-0.2, 0) is 11.3 Å². The molecule has 2 N–H and O–H groups in total. The minimum Gasteiger partial charge on any atom is -0.434 e. The molecule has 0 saturated heterocycles. The van der Waals surface area contributed by atoms with Gasteiger partial charge in [0.05, 0.1) is 0 Å². The van der Waals surface area contributed by atoms with E-state index in [0.29, 0.717) is 35.2 Å². The molecule has 3 rings (SSSR count). The Bertz CT molecular complexity index is 856. The lowest BCUT2D eigenvalue weighted by atomic mass is 10.1. The predicted molar refractivity (Wildman–Crippen MR) is 99.7 cm³/mol. The van der Waals surface area contributed by atoms with E-state index < -0.39 is 0 Å². The van der Waals surface area contributed by atoms with Gasteiger partial charge >= 0.3 is 0 Å². The van der Waals surface area contributed by atoms with Gasteiger partial charge in [0, 0.05) is 24.7 Å². The van der Waals surface area contributed by atoms with Gasteiger partial charge in [0.2, 0.25) is 11.8 Å². The van der Waals surface area contributed by atoms with Gasteiger partial charge in [0.1, 0.15) is 0 Å². The molecule has 1 amide bonds. The second-order valence-electron chi connectivity index (χ2n) is 5.52. The van der Waals surface area contributed by atoms with E-state index in [4.69, 9.17) is 16.6 Å². The topological polar surface area (TPSA) is 80.0 Å². The number of hydrogen-bond donors (Lipinski definition) is 2. The molecule has 1 aromatic carbocycles. The maximum Gasteiger partial charge on any atom is 0.228 e. The maximum atomic E-state index is 11.5. The number of carbonyl (C=O) groups is 1. The fraction of sp³-hybridized carbons (Fsp3) is 0.222. The van der Waals surface area contributed by atoms with Gasteiger partial charge in [-0.2, -0.15) is 4.98 Å². The Morgan fingerprint density at radius 1 is 1.24 bits per heavy atom. The first kappa shape index (κ1) is 17.0. The van der Waals surface area contributed by atoms with E-state index in [-0.39, 0.29) is 5.91 Å². The van der Waals surface area contributed by atoms with Crippen LogP contribution in [0.3, 0.4) is 0 Å². The van der Waals surface area contributed by atoms with E-state index in [1.165, 1.54) is 0 Å². The van der Waals surface area contributed by atoms with Crippen LogP contribution in [0.4, 0.5) is 0 Å². The van der Waals surface area contributed by atoms with Crippen LogP contribution in [0.1, 0.15) is 25.3 Å². The largest absolute Gasteiger partial charge is 0.434 e. The van der Waals surface area contributed by atoms with Gasteiger partial charge in [-0.25, -0.2) is 4.98 Å². The molecule has 0 atom stereocenters. The molecule has 0 bridgehead atoms. The summed E-state index contributed by atoms with van der Waals surface area (Å²) in [6, 6.07) is 11.4. The molecule has 0 fully saturated rings. The molecule has 25 heavy (non-hydrogen) atoms. The summed E-state index contributed by atoms with van der Waals surface area (Å²) < 4.78 is 5.70. The van der Waals surface area contributed by atoms with Crippen molar-refractivity contribution >= 4 is 34.5 Å². The Kier molecular flexibility index (Phi) is 5.35. The van der Waals surface area contributed by atoms with Crippen LogP contribution in [0.15, 0.2) is 47.0 Å². The highest BCUT2D eigenvalue weighted by atomic mass is 32.1. The Morgan fingerprint density at radius 3 is 2.76 bits per heavy atom. The number of thiocarbonyl (C=S) groups is 1. The Balaban J connectivity index is 1.60. The van der Waals surface area contributed by atoms with Gasteiger partial charge in [-0.3, -0.25) is 4.79 Å². The van der Waals surface area contributed by atoms with Crippen LogP contribution < -0.4 is 10.6 Å². The molecule has 2 aromatic heterocycles. The maximum absolute atomic E-state index is 11.5. The van der Waals surface area contributed by atoms with Crippen molar-refractivity contribution in [2.45, 2.75) is 26.3 Å². The lowest BCUT2D eigenvalue weighted by Crippen LogP contribution is -2.38. The predicted octanol–water partition coefficient (Wildman–Crippen LogP) is 3.18. The van der Waals surface area contributed by atoms with Gasteiger partial charge in [0.25, 0.3) is 0 Å². The fourth-order valence-electron chi connectivity index (χ4n) is 2.30. The van der Waals surface area contributed by atoms with Gasteiger partial charge in [-0.15, -0.1) is 0 Å². The first-order valence-electron chi connectivity index (χ1n) is 8.04. The normalized spacial score (nSPS) is 10.6. The van der Waals surface area contributed by atoms with Crippen molar-refractivity contribution in [3.05, 3.63) is 48.2 Å². The van der Waals surface area contributed by atoms with Crippen molar-refractivity contribution in [1.29, 1.82) is 0 Å². The number of rotatable bonds is 5. The number of nitrogens with zero attached hydrogens (tertiary/aromatic N) is 2. The van der Waals surface area contributed by atoms with Gasteiger partial charge in [-0.05, 0) is 48.5 Å². The first-order chi connectivity index (χ1) is 12.2. The van der Waals surface area contributed by atoms with Gasteiger partial charge in [0.15, 0.2) is 16.3 Å². The molecular formula is C18H18N4O2S. The monoisotopic (exact) mass is 354 g/mol. The van der Waals surface area contributed by atoms with Crippen LogP contribution in [0.5, 0.6) is 0 Å². The third-order valence-corrected chi connectivity index (χ3v) is 3.80. The average molecular weight is 354 g/mol. The van der Waals surface area contributed by atoms with Crippen LogP contribution in [0.2, 0.25) is 0 Å². The molecule has 0 aliphatic rings. The van der Waals surface area contributed by atoms with Gasteiger partial charge < -0.3 is 15.1 Å². The van der Waals surface area contributed by atoms with E-state index in [2.05, 4.69) is 20.6 Å². The van der Waals surface area contributed by atoms with E-state index in [0.717, 1.165) is 17.5 Å². The fourth-order valence-corrected chi connectivity index (χ4v) is 2.49. The first-order valence-corrected chi connectivity index (χ1v) is 8.45. The van der Waals surface area contributed by atoms with Crippen LogP contribution >= 0.6 is 12.2 Å². The highest BCUT2D eigenvalue weighted by molar-refractivity contribution is 7.80. The summed E-state index contributed by atoms with van der Waals surface area (Å²) in [6.45, 7) is 2.48.